The molecule has 2 nitrogen and oxygen atoms in total. The van der Waals surface area contributed by atoms with E-state index < -0.39 is 0 Å². The van der Waals surface area contributed by atoms with Gasteiger partial charge in [0.1, 0.15) is 0 Å². The summed E-state index contributed by atoms with van der Waals surface area (Å²) in [6.45, 7) is 0. The highest BCUT2D eigenvalue weighted by molar-refractivity contribution is 6.16. The molecule has 0 unspecified atom stereocenters. The molecule has 0 N–H and O–H groups in total. The van der Waals surface area contributed by atoms with E-state index in [1.807, 2.05) is 0 Å². The molecular weight excluding hydrogens is 821 g/mol. The average Bonchev–Trinajstić information content (AvgIpc) is 3.76. The van der Waals surface area contributed by atoms with Crippen molar-refractivity contribution in [1.82, 2.24) is 4.57 Å². The molecule has 1 heterocycles. The van der Waals surface area contributed by atoms with Crippen LogP contribution in [0.5, 0.6) is 0 Å². The van der Waals surface area contributed by atoms with Gasteiger partial charge < -0.3 is 9.47 Å². The van der Waals surface area contributed by atoms with Crippen LogP contribution in [0.15, 0.2) is 267 Å². The topological polar surface area (TPSA) is 8.17 Å². The molecule has 318 valence electrons. The minimum absolute atomic E-state index is 1.08. The first-order chi connectivity index (χ1) is 33.7. The molecule has 0 amide bonds. The summed E-state index contributed by atoms with van der Waals surface area (Å²) in [6.07, 6.45) is 0. The van der Waals surface area contributed by atoms with E-state index in [9.17, 15) is 0 Å². The molecule has 12 aromatic carbocycles. The van der Waals surface area contributed by atoms with Crippen LogP contribution in [0.4, 0.5) is 17.1 Å². The Bertz CT molecular complexity index is 4010. The highest BCUT2D eigenvalue weighted by atomic mass is 15.1. The van der Waals surface area contributed by atoms with Crippen LogP contribution in [0.2, 0.25) is 0 Å². The van der Waals surface area contributed by atoms with Crippen LogP contribution in [0, 0.1) is 0 Å². The molecule has 0 fully saturated rings. The van der Waals surface area contributed by atoms with E-state index in [2.05, 4.69) is 276 Å². The van der Waals surface area contributed by atoms with E-state index >= 15 is 0 Å². The quantitative estimate of drug-likeness (QED) is 0.138. The maximum Gasteiger partial charge on any atom is 0.0547 e. The molecule has 13 rings (SSSR count). The van der Waals surface area contributed by atoms with Gasteiger partial charge in [-0.1, -0.05) is 200 Å². The molecule has 0 bridgehead atoms. The van der Waals surface area contributed by atoms with Gasteiger partial charge in [-0.3, -0.25) is 0 Å². The third kappa shape index (κ3) is 6.73. The molecule has 0 spiro atoms. The molecule has 0 radical (unpaired) electrons. The lowest BCUT2D eigenvalue weighted by atomic mass is 9.94. The smallest absolute Gasteiger partial charge is 0.0547 e. The molecule has 0 atom stereocenters. The van der Waals surface area contributed by atoms with E-state index in [0.29, 0.717) is 0 Å². The van der Waals surface area contributed by atoms with Crippen molar-refractivity contribution < 1.29 is 0 Å². The van der Waals surface area contributed by atoms with Crippen molar-refractivity contribution in [3.63, 3.8) is 0 Å². The van der Waals surface area contributed by atoms with Crippen LogP contribution in [-0.2, 0) is 0 Å². The standard InChI is InChI=1S/C66H44N2/c1-2-21-52(22-3-1)68-64-31-9-8-26-63(64)66-60(29-14-32-65(66)68)48-35-40-54(41-36-48)67(55-23-11-20-51(44-55)59-28-13-30-61-57-25-7-5-16-47(57)37-42-62(59)61)53-38-33-45(34-39-53)49-18-10-19-50(43-49)58-27-12-17-46-15-4-6-24-56(46)58/h1-44H. The zero-order chi connectivity index (χ0) is 45.0. The van der Waals surface area contributed by atoms with Gasteiger partial charge in [-0.2, -0.15) is 0 Å². The number of hydrogen-bond acceptors (Lipinski definition) is 1. The molecule has 0 saturated carbocycles. The fraction of sp³-hybridized carbons (Fsp3) is 0. The third-order valence-electron chi connectivity index (χ3n) is 13.8. The van der Waals surface area contributed by atoms with Gasteiger partial charge in [-0.25, -0.2) is 0 Å². The predicted molar refractivity (Wildman–Crippen MR) is 290 cm³/mol. The SMILES string of the molecule is c1ccc(-n2c3ccccc3c3c(-c4ccc(N(c5ccc(-c6cccc(-c7cccc8ccccc78)c6)cc5)c5cccc(-c6cccc7c6ccc6ccccc67)c5)cc4)cccc32)cc1. The Kier molecular flexibility index (Phi) is 9.54. The lowest BCUT2D eigenvalue weighted by Gasteiger charge is -2.26. The third-order valence-corrected chi connectivity index (χ3v) is 13.8. The van der Waals surface area contributed by atoms with Crippen molar-refractivity contribution in [2.24, 2.45) is 0 Å². The van der Waals surface area contributed by atoms with Gasteiger partial charge in [0.05, 0.1) is 11.0 Å². The minimum Gasteiger partial charge on any atom is -0.310 e. The second-order valence-corrected chi connectivity index (χ2v) is 17.7. The van der Waals surface area contributed by atoms with Crippen LogP contribution < -0.4 is 4.90 Å². The van der Waals surface area contributed by atoms with E-state index in [1.165, 1.54) is 98.6 Å². The van der Waals surface area contributed by atoms with Crippen molar-refractivity contribution in [3.8, 4) is 50.2 Å². The van der Waals surface area contributed by atoms with Crippen molar-refractivity contribution in [3.05, 3.63) is 267 Å². The first kappa shape index (κ1) is 39.4. The summed E-state index contributed by atoms with van der Waals surface area (Å²) in [4.78, 5) is 2.39. The molecule has 0 aliphatic heterocycles. The fourth-order valence-electron chi connectivity index (χ4n) is 10.6. The summed E-state index contributed by atoms with van der Waals surface area (Å²) >= 11 is 0. The molecular formula is C66H44N2. The molecule has 1 aromatic heterocycles. The fourth-order valence-corrected chi connectivity index (χ4v) is 10.6. The summed E-state index contributed by atoms with van der Waals surface area (Å²) in [5.74, 6) is 0. The molecule has 68 heavy (non-hydrogen) atoms. The maximum atomic E-state index is 2.39. The van der Waals surface area contributed by atoms with Crippen LogP contribution >= 0.6 is 0 Å². The lowest BCUT2D eigenvalue weighted by Crippen LogP contribution is -2.10. The molecule has 2 heteroatoms. The second-order valence-electron chi connectivity index (χ2n) is 17.7. The second kappa shape index (κ2) is 16.5. The monoisotopic (exact) mass is 864 g/mol. The summed E-state index contributed by atoms with van der Waals surface area (Å²) in [7, 11) is 0. The predicted octanol–water partition coefficient (Wildman–Crippen LogP) is 18.4. The van der Waals surface area contributed by atoms with Crippen molar-refractivity contribution >= 4 is 71.2 Å². The Morgan fingerprint density at radius 2 is 0.779 bits per heavy atom. The zero-order valence-corrected chi connectivity index (χ0v) is 37.3. The van der Waals surface area contributed by atoms with Crippen molar-refractivity contribution in [2.75, 3.05) is 4.90 Å². The summed E-state index contributed by atoms with van der Waals surface area (Å²) in [6, 6.07) is 97.4. The molecule has 0 saturated heterocycles. The van der Waals surface area contributed by atoms with Gasteiger partial charge in [0.15, 0.2) is 0 Å². The van der Waals surface area contributed by atoms with Gasteiger partial charge in [0, 0.05) is 33.5 Å². The molecule has 0 aliphatic rings. The normalized spacial score (nSPS) is 11.5. The minimum atomic E-state index is 1.08. The Hall–Kier alpha value is -8.98. The number of rotatable bonds is 8. The van der Waals surface area contributed by atoms with E-state index in [0.717, 1.165) is 22.7 Å². The average molecular weight is 865 g/mol. The number of benzene rings is 12. The first-order valence-corrected chi connectivity index (χ1v) is 23.4. The van der Waals surface area contributed by atoms with Crippen LogP contribution in [0.1, 0.15) is 0 Å². The first-order valence-electron chi connectivity index (χ1n) is 23.4. The highest BCUT2D eigenvalue weighted by Crippen LogP contribution is 2.43. The summed E-state index contributed by atoms with van der Waals surface area (Å²) in [5, 5.41) is 10.0. The Morgan fingerprint density at radius 1 is 0.250 bits per heavy atom. The highest BCUT2D eigenvalue weighted by Gasteiger charge is 2.19. The van der Waals surface area contributed by atoms with Gasteiger partial charge in [0.2, 0.25) is 0 Å². The van der Waals surface area contributed by atoms with E-state index in [-0.39, 0.29) is 0 Å². The van der Waals surface area contributed by atoms with Gasteiger partial charge in [0.25, 0.3) is 0 Å². The van der Waals surface area contributed by atoms with Crippen molar-refractivity contribution in [2.45, 2.75) is 0 Å². The number of para-hydroxylation sites is 2. The Balaban J connectivity index is 0.926. The Morgan fingerprint density at radius 3 is 1.57 bits per heavy atom. The van der Waals surface area contributed by atoms with Gasteiger partial charge >= 0.3 is 0 Å². The van der Waals surface area contributed by atoms with E-state index in [1.54, 1.807) is 0 Å². The molecule has 0 aliphatic carbocycles. The molecule has 13 aromatic rings. The van der Waals surface area contributed by atoms with Crippen molar-refractivity contribution in [1.29, 1.82) is 0 Å². The number of fused-ring (bicyclic) bond motifs is 7. The van der Waals surface area contributed by atoms with Crippen LogP contribution in [0.25, 0.3) is 104 Å². The lowest BCUT2D eigenvalue weighted by molar-refractivity contribution is 1.18. The zero-order valence-electron chi connectivity index (χ0n) is 37.3. The summed E-state index contributed by atoms with van der Waals surface area (Å²) < 4.78 is 2.39. The van der Waals surface area contributed by atoms with Gasteiger partial charge in [-0.15, -0.1) is 0 Å². The largest absolute Gasteiger partial charge is 0.310 e. The number of nitrogens with zero attached hydrogens (tertiary/aromatic N) is 2. The van der Waals surface area contributed by atoms with E-state index in [4.69, 9.17) is 0 Å². The van der Waals surface area contributed by atoms with Crippen LogP contribution in [0.3, 0.4) is 0 Å². The maximum absolute atomic E-state index is 2.39. The number of hydrogen-bond donors (Lipinski definition) is 0. The Labute approximate surface area is 395 Å². The number of aromatic nitrogens is 1. The number of anilines is 3. The van der Waals surface area contributed by atoms with Crippen LogP contribution in [-0.4, -0.2) is 4.57 Å². The van der Waals surface area contributed by atoms with Gasteiger partial charge in [-0.05, 0) is 144 Å². The summed E-state index contributed by atoms with van der Waals surface area (Å²) in [5.41, 5.74) is 16.4.